The van der Waals surface area contributed by atoms with Crippen molar-refractivity contribution in [3.63, 3.8) is 0 Å². The van der Waals surface area contributed by atoms with Crippen LogP contribution >= 0.6 is 0 Å². The molecule has 1 amide bonds. The molecular weight excluding hydrogens is 267 g/mol. The molecule has 0 saturated heterocycles. The molecule has 0 fully saturated rings. The SMILES string of the molecule is Bc1cc(Nc2ccc(C(=O)N(C)C)cn2)c(=O)n(C)c1. The fourth-order valence-corrected chi connectivity index (χ4v) is 1.96. The average molecular weight is 284 g/mol. The molecule has 0 atom stereocenters. The monoisotopic (exact) mass is 284 g/mol. The van der Waals surface area contributed by atoms with E-state index in [2.05, 4.69) is 10.3 Å². The van der Waals surface area contributed by atoms with E-state index in [1.165, 1.54) is 15.7 Å². The van der Waals surface area contributed by atoms with Gasteiger partial charge in [0.05, 0.1) is 5.56 Å². The predicted octanol–water partition coefficient (Wildman–Crippen LogP) is -0.516. The molecule has 2 aromatic heterocycles. The number of aryl methyl sites for hydroxylation is 1. The van der Waals surface area contributed by atoms with Crippen LogP contribution in [0.25, 0.3) is 0 Å². The van der Waals surface area contributed by atoms with Gasteiger partial charge in [-0.2, -0.15) is 0 Å². The largest absolute Gasteiger partial charge is 0.345 e. The molecule has 0 aliphatic carbocycles. The number of hydrogen-bond donors (Lipinski definition) is 1. The molecular formula is C14H17BN4O2. The first-order valence-electron chi connectivity index (χ1n) is 6.50. The topological polar surface area (TPSA) is 67.2 Å². The lowest BCUT2D eigenvalue weighted by atomic mass is 9.98. The number of aromatic nitrogens is 2. The van der Waals surface area contributed by atoms with Crippen LogP contribution in [0.3, 0.4) is 0 Å². The van der Waals surface area contributed by atoms with Crippen LogP contribution < -0.4 is 16.3 Å². The van der Waals surface area contributed by atoms with Crippen LogP contribution in [0.5, 0.6) is 0 Å². The van der Waals surface area contributed by atoms with E-state index in [1.807, 2.05) is 7.85 Å². The van der Waals surface area contributed by atoms with Gasteiger partial charge in [0.2, 0.25) is 0 Å². The smallest absolute Gasteiger partial charge is 0.273 e. The Morgan fingerprint density at radius 3 is 2.67 bits per heavy atom. The summed E-state index contributed by atoms with van der Waals surface area (Å²) in [5.41, 5.74) is 1.80. The second-order valence-corrected chi connectivity index (χ2v) is 5.10. The van der Waals surface area contributed by atoms with Gasteiger partial charge in [0.15, 0.2) is 0 Å². The highest BCUT2D eigenvalue weighted by Crippen LogP contribution is 2.11. The highest BCUT2D eigenvalue weighted by molar-refractivity contribution is 6.32. The molecule has 2 rings (SSSR count). The maximum atomic E-state index is 12.0. The van der Waals surface area contributed by atoms with E-state index in [9.17, 15) is 9.59 Å². The molecule has 0 aliphatic heterocycles. The van der Waals surface area contributed by atoms with Gasteiger partial charge in [-0.25, -0.2) is 4.98 Å². The van der Waals surface area contributed by atoms with Crippen LogP contribution in [0.2, 0.25) is 0 Å². The third kappa shape index (κ3) is 3.31. The van der Waals surface area contributed by atoms with Gasteiger partial charge in [0.1, 0.15) is 19.4 Å². The Bertz CT molecular complexity index is 723. The van der Waals surface area contributed by atoms with Gasteiger partial charge in [0.25, 0.3) is 11.5 Å². The Kier molecular flexibility index (Phi) is 4.11. The second-order valence-electron chi connectivity index (χ2n) is 5.10. The normalized spacial score (nSPS) is 10.2. The van der Waals surface area contributed by atoms with Crippen LogP contribution in [0.4, 0.5) is 11.5 Å². The van der Waals surface area contributed by atoms with Crippen LogP contribution in [-0.4, -0.2) is 42.3 Å². The lowest BCUT2D eigenvalue weighted by Crippen LogP contribution is -2.24. The minimum atomic E-state index is -0.129. The van der Waals surface area contributed by atoms with Gasteiger partial charge in [-0.1, -0.05) is 5.46 Å². The first-order chi connectivity index (χ1) is 9.88. The first kappa shape index (κ1) is 14.8. The van der Waals surface area contributed by atoms with Crippen molar-refractivity contribution in [1.29, 1.82) is 0 Å². The number of rotatable bonds is 3. The molecule has 108 valence electrons. The Labute approximate surface area is 123 Å². The van der Waals surface area contributed by atoms with Crippen molar-refractivity contribution in [3.05, 3.63) is 46.5 Å². The molecule has 0 aliphatic rings. The molecule has 21 heavy (non-hydrogen) atoms. The summed E-state index contributed by atoms with van der Waals surface area (Å²) in [6, 6.07) is 5.12. The lowest BCUT2D eigenvalue weighted by molar-refractivity contribution is 0.0827. The summed E-state index contributed by atoms with van der Waals surface area (Å²) in [4.78, 5) is 29.4. The summed E-state index contributed by atoms with van der Waals surface area (Å²) in [7, 11) is 6.99. The summed E-state index contributed by atoms with van der Waals surface area (Å²) in [5, 5.41) is 2.98. The van der Waals surface area contributed by atoms with E-state index in [-0.39, 0.29) is 11.5 Å². The standard InChI is InChI=1S/C14H17BN4O2/c1-18(2)13(20)9-4-5-12(16-7-9)17-11-6-10(15)8-19(3)14(11)21/h4-8H,15H2,1-3H3,(H,16,17). The van der Waals surface area contributed by atoms with Crippen molar-refractivity contribution in [2.24, 2.45) is 7.05 Å². The number of anilines is 2. The molecule has 7 heteroatoms. The Morgan fingerprint density at radius 1 is 1.38 bits per heavy atom. The number of carbonyl (C=O) groups excluding carboxylic acids is 1. The van der Waals surface area contributed by atoms with Gasteiger partial charge >= 0.3 is 0 Å². The van der Waals surface area contributed by atoms with Crippen LogP contribution in [0.1, 0.15) is 10.4 Å². The maximum Gasteiger partial charge on any atom is 0.273 e. The lowest BCUT2D eigenvalue weighted by Gasteiger charge is -2.11. The number of nitrogens with one attached hydrogen (secondary N) is 1. The van der Waals surface area contributed by atoms with Crippen molar-refractivity contribution in [2.75, 3.05) is 19.4 Å². The second kappa shape index (κ2) is 5.82. The first-order valence-corrected chi connectivity index (χ1v) is 6.50. The number of pyridine rings is 2. The Balaban J connectivity index is 2.25. The van der Waals surface area contributed by atoms with Crippen molar-refractivity contribution < 1.29 is 4.79 Å². The van der Waals surface area contributed by atoms with E-state index in [0.717, 1.165) is 5.46 Å². The van der Waals surface area contributed by atoms with Gasteiger partial charge in [-0.3, -0.25) is 9.59 Å². The summed E-state index contributed by atoms with van der Waals surface area (Å²) >= 11 is 0. The van der Waals surface area contributed by atoms with E-state index in [4.69, 9.17) is 0 Å². The third-order valence-corrected chi connectivity index (χ3v) is 3.00. The van der Waals surface area contributed by atoms with Gasteiger partial charge in [0, 0.05) is 33.5 Å². The summed E-state index contributed by atoms with van der Waals surface area (Å²) < 4.78 is 1.52. The fraction of sp³-hybridized carbons (Fsp3) is 0.214. The summed E-state index contributed by atoms with van der Waals surface area (Å²) in [6.45, 7) is 0. The zero-order chi connectivity index (χ0) is 15.6. The van der Waals surface area contributed by atoms with Crippen molar-refractivity contribution in [2.45, 2.75) is 0 Å². The number of amides is 1. The predicted molar refractivity (Wildman–Crippen MR) is 85.4 cm³/mol. The summed E-state index contributed by atoms with van der Waals surface area (Å²) in [5.74, 6) is 0.411. The molecule has 6 nitrogen and oxygen atoms in total. The van der Waals surface area contributed by atoms with Crippen molar-refractivity contribution in [1.82, 2.24) is 14.5 Å². The molecule has 1 N–H and O–H groups in total. The molecule has 0 aromatic carbocycles. The zero-order valence-electron chi connectivity index (χ0n) is 12.5. The quantitative estimate of drug-likeness (QED) is 0.770. The van der Waals surface area contributed by atoms with E-state index in [0.29, 0.717) is 17.1 Å². The van der Waals surface area contributed by atoms with E-state index >= 15 is 0 Å². The Morgan fingerprint density at radius 2 is 2.10 bits per heavy atom. The highest BCUT2D eigenvalue weighted by Gasteiger charge is 2.09. The number of hydrogen-bond acceptors (Lipinski definition) is 4. The molecule has 0 saturated carbocycles. The highest BCUT2D eigenvalue weighted by atomic mass is 16.2. The maximum absolute atomic E-state index is 12.0. The average Bonchev–Trinajstić information content (AvgIpc) is 2.44. The minimum absolute atomic E-state index is 0.111. The van der Waals surface area contributed by atoms with Crippen LogP contribution in [0.15, 0.2) is 35.4 Å². The fourth-order valence-electron chi connectivity index (χ4n) is 1.96. The van der Waals surface area contributed by atoms with Gasteiger partial charge in [-0.05, 0) is 18.2 Å². The van der Waals surface area contributed by atoms with E-state index < -0.39 is 0 Å². The minimum Gasteiger partial charge on any atom is -0.345 e. The Hall–Kier alpha value is -2.57. The molecule has 0 unspecified atom stereocenters. The zero-order valence-corrected chi connectivity index (χ0v) is 12.5. The van der Waals surface area contributed by atoms with Gasteiger partial charge in [-0.15, -0.1) is 0 Å². The van der Waals surface area contributed by atoms with Crippen molar-refractivity contribution in [3.8, 4) is 0 Å². The van der Waals surface area contributed by atoms with Crippen molar-refractivity contribution >= 4 is 30.7 Å². The molecule has 2 aromatic rings. The van der Waals surface area contributed by atoms with Crippen LogP contribution in [-0.2, 0) is 7.05 Å². The summed E-state index contributed by atoms with van der Waals surface area (Å²) in [6.07, 6.45) is 3.25. The van der Waals surface area contributed by atoms with E-state index in [1.54, 1.807) is 45.5 Å². The number of nitrogens with zero attached hydrogens (tertiary/aromatic N) is 3. The molecule has 0 radical (unpaired) electrons. The van der Waals surface area contributed by atoms with Gasteiger partial charge < -0.3 is 14.8 Å². The molecule has 0 bridgehead atoms. The molecule has 2 heterocycles. The molecule has 0 spiro atoms. The van der Waals surface area contributed by atoms with Crippen LogP contribution in [0, 0.1) is 0 Å². The number of carbonyl (C=O) groups is 1. The third-order valence-electron chi connectivity index (χ3n) is 3.00.